The molecule has 1 atom stereocenters. The number of hydrogen-bond acceptors (Lipinski definition) is 3. The Kier molecular flexibility index (Phi) is 4.64. The highest BCUT2D eigenvalue weighted by Gasteiger charge is 2.27. The van der Waals surface area contributed by atoms with Gasteiger partial charge in [0.2, 0.25) is 0 Å². The second-order valence-corrected chi connectivity index (χ2v) is 6.06. The number of nitrogens with one attached hydrogen (secondary N) is 3. The minimum Gasteiger partial charge on any atom is -0.390 e. The molecular formula is C17H20F2N4O. The fourth-order valence-electron chi connectivity index (χ4n) is 2.72. The van der Waals surface area contributed by atoms with E-state index in [-0.39, 0.29) is 6.04 Å². The first-order chi connectivity index (χ1) is 11.5. The van der Waals surface area contributed by atoms with Gasteiger partial charge in [0.1, 0.15) is 6.61 Å². The number of aliphatic hydroxyl groups is 1. The molecule has 0 radical (unpaired) electrons. The van der Waals surface area contributed by atoms with Crippen LogP contribution in [0, 0.1) is 0 Å². The van der Waals surface area contributed by atoms with E-state index in [9.17, 15) is 8.78 Å². The summed E-state index contributed by atoms with van der Waals surface area (Å²) in [5, 5.41) is 19.2. The standard InChI is InChI=1S/C17H20F2N4O/c1-11(21-9-17(18,19)10-24)4-13-6-20-16-5-12(2-3-15(13)16)14-7-22-23-8-14/h2-3,5-8,11,20-21,24H,4,9-10H2,1H3,(H,22,23)/t11-/m1/s1. The summed E-state index contributed by atoms with van der Waals surface area (Å²) in [6.45, 7) is 0.181. The second kappa shape index (κ2) is 6.70. The molecule has 2 aromatic heterocycles. The van der Waals surface area contributed by atoms with Crippen LogP contribution in [0.15, 0.2) is 36.8 Å². The third kappa shape index (κ3) is 3.63. The molecule has 128 valence electrons. The number of aliphatic hydroxyl groups excluding tert-OH is 1. The molecule has 0 bridgehead atoms. The van der Waals surface area contributed by atoms with Crippen LogP contribution in [0.1, 0.15) is 12.5 Å². The van der Waals surface area contributed by atoms with Crippen molar-refractivity contribution in [3.63, 3.8) is 0 Å². The Morgan fingerprint density at radius 2 is 2.12 bits per heavy atom. The normalized spacial score (nSPS) is 13.5. The lowest BCUT2D eigenvalue weighted by atomic mass is 10.0. The van der Waals surface area contributed by atoms with E-state index in [4.69, 9.17) is 5.11 Å². The van der Waals surface area contributed by atoms with Gasteiger partial charge in [0.25, 0.3) is 5.92 Å². The number of aromatic nitrogens is 3. The average Bonchev–Trinajstić information content (AvgIpc) is 3.23. The number of benzene rings is 1. The van der Waals surface area contributed by atoms with Crippen LogP contribution in [0.4, 0.5) is 8.78 Å². The maximum absolute atomic E-state index is 13.1. The van der Waals surface area contributed by atoms with Crippen LogP contribution >= 0.6 is 0 Å². The SMILES string of the molecule is C[C@H](Cc1c[nH]c2cc(-c3cn[nH]c3)ccc12)NCC(F)(F)CO. The summed E-state index contributed by atoms with van der Waals surface area (Å²) in [6.07, 6.45) is 6.12. The molecule has 2 heterocycles. The van der Waals surface area contributed by atoms with Crippen LogP contribution in [-0.2, 0) is 6.42 Å². The average molecular weight is 334 g/mol. The fourth-order valence-corrected chi connectivity index (χ4v) is 2.72. The van der Waals surface area contributed by atoms with E-state index in [0.717, 1.165) is 27.6 Å². The third-order valence-corrected chi connectivity index (χ3v) is 4.07. The van der Waals surface area contributed by atoms with Crippen molar-refractivity contribution in [3.8, 4) is 11.1 Å². The Labute approximate surface area is 138 Å². The smallest absolute Gasteiger partial charge is 0.282 e. The third-order valence-electron chi connectivity index (χ3n) is 4.07. The minimum absolute atomic E-state index is 0.130. The van der Waals surface area contributed by atoms with E-state index < -0.39 is 19.1 Å². The number of hydrogen-bond donors (Lipinski definition) is 4. The van der Waals surface area contributed by atoms with Gasteiger partial charge in [-0.15, -0.1) is 0 Å². The molecule has 0 unspecified atom stereocenters. The molecule has 3 aromatic rings. The molecule has 7 heteroatoms. The van der Waals surface area contributed by atoms with Gasteiger partial charge in [0, 0.05) is 34.9 Å². The van der Waals surface area contributed by atoms with Gasteiger partial charge in [-0.1, -0.05) is 12.1 Å². The van der Waals surface area contributed by atoms with Gasteiger partial charge in [-0.2, -0.15) is 5.10 Å². The monoisotopic (exact) mass is 334 g/mol. The molecule has 0 spiro atoms. The first-order valence-electron chi connectivity index (χ1n) is 7.80. The Bertz CT molecular complexity index is 798. The summed E-state index contributed by atoms with van der Waals surface area (Å²) >= 11 is 0. The zero-order valence-electron chi connectivity index (χ0n) is 13.3. The van der Waals surface area contributed by atoms with Gasteiger partial charge in [-0.05, 0) is 30.5 Å². The molecule has 0 saturated heterocycles. The van der Waals surface area contributed by atoms with Crippen molar-refractivity contribution in [1.29, 1.82) is 0 Å². The predicted molar refractivity (Wildman–Crippen MR) is 89.1 cm³/mol. The van der Waals surface area contributed by atoms with Crippen molar-refractivity contribution >= 4 is 10.9 Å². The fraction of sp³-hybridized carbons (Fsp3) is 0.353. The molecular weight excluding hydrogens is 314 g/mol. The van der Waals surface area contributed by atoms with Crippen LogP contribution in [0.25, 0.3) is 22.0 Å². The maximum atomic E-state index is 13.1. The molecule has 0 aliphatic rings. The maximum Gasteiger partial charge on any atom is 0.282 e. The van der Waals surface area contributed by atoms with E-state index in [1.807, 2.05) is 37.5 Å². The number of nitrogens with zero attached hydrogens (tertiary/aromatic N) is 1. The molecule has 0 saturated carbocycles. The highest BCUT2D eigenvalue weighted by molar-refractivity contribution is 5.87. The molecule has 4 N–H and O–H groups in total. The molecule has 5 nitrogen and oxygen atoms in total. The molecule has 0 aliphatic carbocycles. The second-order valence-electron chi connectivity index (χ2n) is 6.06. The summed E-state index contributed by atoms with van der Waals surface area (Å²) < 4.78 is 26.2. The summed E-state index contributed by atoms with van der Waals surface area (Å²) in [6, 6.07) is 5.96. The predicted octanol–water partition coefficient (Wildman–Crippen LogP) is 2.71. The molecule has 0 amide bonds. The molecule has 0 aliphatic heterocycles. The Hall–Kier alpha value is -2.25. The molecule has 3 rings (SSSR count). The van der Waals surface area contributed by atoms with Crippen molar-refractivity contribution in [2.24, 2.45) is 0 Å². The first kappa shape index (κ1) is 16.6. The van der Waals surface area contributed by atoms with E-state index >= 15 is 0 Å². The Balaban J connectivity index is 1.71. The van der Waals surface area contributed by atoms with Crippen LogP contribution in [0.2, 0.25) is 0 Å². The minimum atomic E-state index is -3.09. The highest BCUT2D eigenvalue weighted by atomic mass is 19.3. The van der Waals surface area contributed by atoms with Gasteiger partial charge >= 0.3 is 0 Å². The lowest BCUT2D eigenvalue weighted by Gasteiger charge is -2.18. The number of H-pyrrole nitrogens is 2. The number of halogens is 2. The van der Waals surface area contributed by atoms with E-state index in [1.54, 1.807) is 6.20 Å². The van der Waals surface area contributed by atoms with Crippen LogP contribution in [-0.4, -0.2) is 45.4 Å². The van der Waals surface area contributed by atoms with E-state index in [1.165, 1.54) is 0 Å². The first-order valence-corrected chi connectivity index (χ1v) is 7.80. The van der Waals surface area contributed by atoms with Crippen molar-refractivity contribution < 1.29 is 13.9 Å². The van der Waals surface area contributed by atoms with E-state index in [2.05, 4.69) is 20.5 Å². The molecule has 1 aromatic carbocycles. The molecule has 0 fully saturated rings. The largest absolute Gasteiger partial charge is 0.390 e. The quantitative estimate of drug-likeness (QED) is 0.537. The summed E-state index contributed by atoms with van der Waals surface area (Å²) in [7, 11) is 0. The molecule has 24 heavy (non-hydrogen) atoms. The van der Waals surface area contributed by atoms with Gasteiger partial charge in [0.15, 0.2) is 0 Å². The van der Waals surface area contributed by atoms with Crippen molar-refractivity contribution in [2.75, 3.05) is 13.2 Å². The van der Waals surface area contributed by atoms with Gasteiger partial charge in [-0.3, -0.25) is 5.10 Å². The van der Waals surface area contributed by atoms with Crippen molar-refractivity contribution in [2.45, 2.75) is 25.3 Å². The van der Waals surface area contributed by atoms with Crippen molar-refractivity contribution in [1.82, 2.24) is 20.5 Å². The lowest BCUT2D eigenvalue weighted by molar-refractivity contribution is -0.0490. The van der Waals surface area contributed by atoms with Gasteiger partial charge in [0.05, 0.1) is 12.7 Å². The van der Waals surface area contributed by atoms with Crippen LogP contribution in [0.5, 0.6) is 0 Å². The topological polar surface area (TPSA) is 76.7 Å². The highest BCUT2D eigenvalue weighted by Crippen LogP contribution is 2.26. The van der Waals surface area contributed by atoms with Crippen molar-refractivity contribution in [3.05, 3.63) is 42.4 Å². The van der Waals surface area contributed by atoms with Crippen LogP contribution in [0.3, 0.4) is 0 Å². The van der Waals surface area contributed by atoms with E-state index in [0.29, 0.717) is 6.42 Å². The summed E-state index contributed by atoms with van der Waals surface area (Å²) in [4.78, 5) is 3.23. The lowest BCUT2D eigenvalue weighted by Crippen LogP contribution is -2.40. The van der Waals surface area contributed by atoms with Gasteiger partial charge < -0.3 is 15.4 Å². The summed E-state index contributed by atoms with van der Waals surface area (Å²) in [5.41, 5.74) is 4.13. The van der Waals surface area contributed by atoms with Crippen LogP contribution < -0.4 is 5.32 Å². The zero-order valence-corrected chi connectivity index (χ0v) is 13.3. The summed E-state index contributed by atoms with van der Waals surface area (Å²) in [5.74, 6) is -3.09. The number of fused-ring (bicyclic) bond motifs is 1. The number of aromatic amines is 2. The zero-order chi connectivity index (χ0) is 17.2. The Morgan fingerprint density at radius 3 is 2.83 bits per heavy atom. The van der Waals surface area contributed by atoms with Gasteiger partial charge in [-0.25, -0.2) is 8.78 Å². The Morgan fingerprint density at radius 1 is 1.29 bits per heavy atom. The number of alkyl halides is 2. The number of rotatable bonds is 7.